The smallest absolute Gasteiger partial charge is 0.342 e. The van der Waals surface area contributed by atoms with E-state index in [-0.39, 0.29) is 18.1 Å². The second-order valence-corrected chi connectivity index (χ2v) is 10.0. The summed E-state index contributed by atoms with van der Waals surface area (Å²) in [5, 5.41) is 1.06. The minimum Gasteiger partial charge on any atom is -0.442 e. The maximum absolute atomic E-state index is 13.2. The molecule has 3 aromatic rings. The van der Waals surface area contributed by atoms with Crippen molar-refractivity contribution in [2.75, 3.05) is 20.6 Å². The number of aromatic nitrogens is 2. The third kappa shape index (κ3) is 7.37. The van der Waals surface area contributed by atoms with Crippen LogP contribution in [0.5, 0.6) is 0 Å². The largest absolute Gasteiger partial charge is 0.442 e. The first-order valence-corrected chi connectivity index (χ1v) is 12.7. The molecule has 1 amide bonds. The molecule has 1 heterocycles. The number of hydrogen-bond donors (Lipinski definition) is 1. The van der Waals surface area contributed by atoms with Crippen LogP contribution in [0, 0.1) is 0 Å². The summed E-state index contributed by atoms with van der Waals surface area (Å²) in [6.07, 6.45) is 1.16. The van der Waals surface area contributed by atoms with Crippen molar-refractivity contribution in [1.82, 2.24) is 13.4 Å². The van der Waals surface area contributed by atoms with Crippen LogP contribution in [-0.2, 0) is 22.8 Å². The Balaban J connectivity index is 1.94. The Bertz CT molecular complexity index is 1310. The summed E-state index contributed by atoms with van der Waals surface area (Å²) in [5.74, 6) is -1.05. The van der Waals surface area contributed by atoms with E-state index in [1.54, 1.807) is 67.5 Å². The molecule has 1 unspecified atom stereocenters. The van der Waals surface area contributed by atoms with Crippen LogP contribution in [0.2, 0.25) is 10.0 Å². The standard InChI is InChI=1S/C24H27Cl2N5O4S/c1-29(2)20(4-3-13-27)22(33)35-15-30-23(28-21(32)17-7-11-19(26)12-8-17)36-31(24(30)34)14-16-5-9-18(25)10-6-16/h5-12,20H,3-4,13-15,27H2,1-2H3. The van der Waals surface area contributed by atoms with Gasteiger partial charge in [-0.25, -0.2) is 13.3 Å². The lowest BCUT2D eigenvalue weighted by Crippen LogP contribution is -2.39. The van der Waals surface area contributed by atoms with Gasteiger partial charge < -0.3 is 10.5 Å². The number of ether oxygens (including phenoxy) is 1. The SMILES string of the molecule is CN(C)C(CCCN)C(=O)OCn1c(=NC(=O)c2ccc(Cl)cc2)sn(Cc2ccc(Cl)cc2)c1=O. The number of carbonyl (C=O) groups excluding carboxylic acids is 2. The van der Waals surface area contributed by atoms with Crippen molar-refractivity contribution in [3.63, 3.8) is 0 Å². The lowest BCUT2D eigenvalue weighted by Gasteiger charge is -2.22. The molecule has 12 heteroatoms. The maximum Gasteiger partial charge on any atom is 0.342 e. The Morgan fingerprint density at radius 1 is 1.08 bits per heavy atom. The van der Waals surface area contributed by atoms with E-state index in [0.717, 1.165) is 17.1 Å². The normalized spacial score (nSPS) is 12.7. The molecule has 2 aromatic carbocycles. The minimum atomic E-state index is -0.555. The molecule has 1 atom stereocenters. The summed E-state index contributed by atoms with van der Waals surface area (Å²) < 4.78 is 8.08. The van der Waals surface area contributed by atoms with Gasteiger partial charge in [0.05, 0.1) is 6.54 Å². The van der Waals surface area contributed by atoms with Gasteiger partial charge in [0.2, 0.25) is 4.80 Å². The van der Waals surface area contributed by atoms with Crippen molar-refractivity contribution in [2.45, 2.75) is 32.2 Å². The summed E-state index contributed by atoms with van der Waals surface area (Å²) in [5.41, 5.74) is 6.26. The molecule has 0 aliphatic carbocycles. The van der Waals surface area contributed by atoms with Crippen LogP contribution in [0.25, 0.3) is 0 Å². The topological polar surface area (TPSA) is 112 Å². The van der Waals surface area contributed by atoms with E-state index in [9.17, 15) is 14.4 Å². The van der Waals surface area contributed by atoms with Crippen molar-refractivity contribution >= 4 is 46.6 Å². The van der Waals surface area contributed by atoms with Crippen LogP contribution in [0.4, 0.5) is 0 Å². The Morgan fingerprint density at radius 3 is 2.28 bits per heavy atom. The molecule has 0 saturated carbocycles. The number of nitrogens with two attached hydrogens (primary N) is 1. The van der Waals surface area contributed by atoms with Crippen LogP contribution in [0.15, 0.2) is 58.3 Å². The average molecular weight is 552 g/mol. The van der Waals surface area contributed by atoms with E-state index >= 15 is 0 Å². The zero-order chi connectivity index (χ0) is 26.2. The molecule has 0 fully saturated rings. The highest BCUT2D eigenvalue weighted by Crippen LogP contribution is 2.12. The second kappa shape index (κ2) is 13.0. The van der Waals surface area contributed by atoms with Gasteiger partial charge in [-0.3, -0.25) is 14.5 Å². The van der Waals surface area contributed by atoms with Gasteiger partial charge in [0, 0.05) is 15.6 Å². The van der Waals surface area contributed by atoms with Gasteiger partial charge in [-0.2, -0.15) is 4.99 Å². The Kier molecular flexibility index (Phi) is 10.0. The van der Waals surface area contributed by atoms with Gasteiger partial charge in [0.15, 0.2) is 6.73 Å². The van der Waals surface area contributed by atoms with Gasteiger partial charge in [0.25, 0.3) is 5.91 Å². The number of likely N-dealkylation sites (N-methyl/N-ethyl adjacent to an activating group) is 1. The van der Waals surface area contributed by atoms with Crippen molar-refractivity contribution in [2.24, 2.45) is 10.7 Å². The fourth-order valence-electron chi connectivity index (χ4n) is 3.32. The first-order chi connectivity index (χ1) is 17.2. The number of esters is 1. The van der Waals surface area contributed by atoms with Gasteiger partial charge in [-0.05, 0) is 87.0 Å². The average Bonchev–Trinajstić information content (AvgIpc) is 3.13. The van der Waals surface area contributed by atoms with Gasteiger partial charge in [-0.15, -0.1) is 0 Å². The second-order valence-electron chi connectivity index (χ2n) is 8.17. The third-order valence-electron chi connectivity index (χ3n) is 5.31. The molecule has 36 heavy (non-hydrogen) atoms. The number of halogens is 2. The fraction of sp³-hybridized carbons (Fsp3) is 0.333. The van der Waals surface area contributed by atoms with Crippen LogP contribution >= 0.6 is 34.7 Å². The zero-order valence-corrected chi connectivity index (χ0v) is 22.2. The highest BCUT2D eigenvalue weighted by Gasteiger charge is 2.23. The lowest BCUT2D eigenvalue weighted by atomic mass is 10.1. The van der Waals surface area contributed by atoms with Crippen molar-refractivity contribution in [3.05, 3.63) is 85.0 Å². The summed E-state index contributed by atoms with van der Waals surface area (Å²) >= 11 is 12.9. The minimum absolute atomic E-state index is 0.102. The maximum atomic E-state index is 13.2. The van der Waals surface area contributed by atoms with E-state index in [0.29, 0.717) is 35.0 Å². The Hall–Kier alpha value is -2.76. The molecule has 0 radical (unpaired) electrons. The summed E-state index contributed by atoms with van der Waals surface area (Å²) in [4.78, 5) is 44.7. The molecule has 9 nitrogen and oxygen atoms in total. The quantitative estimate of drug-likeness (QED) is 0.387. The predicted octanol–water partition coefficient (Wildman–Crippen LogP) is 2.98. The molecule has 2 N–H and O–H groups in total. The van der Waals surface area contributed by atoms with Crippen LogP contribution < -0.4 is 16.2 Å². The number of carbonyl (C=O) groups is 2. The fourth-order valence-corrected chi connectivity index (χ4v) is 4.51. The molecular formula is C24H27Cl2N5O4S. The van der Waals surface area contributed by atoms with Crippen LogP contribution in [0.1, 0.15) is 28.8 Å². The summed E-state index contributed by atoms with van der Waals surface area (Å²) in [7, 11) is 3.54. The van der Waals surface area contributed by atoms with E-state index in [1.807, 2.05) is 0 Å². The molecule has 192 valence electrons. The number of rotatable bonds is 10. The predicted molar refractivity (Wildman–Crippen MR) is 140 cm³/mol. The number of nitrogens with zero attached hydrogens (tertiary/aromatic N) is 4. The Morgan fingerprint density at radius 2 is 1.69 bits per heavy atom. The molecule has 0 saturated heterocycles. The number of amides is 1. The van der Waals surface area contributed by atoms with Crippen molar-refractivity contribution in [3.8, 4) is 0 Å². The molecule has 1 aromatic heterocycles. The van der Waals surface area contributed by atoms with Gasteiger partial charge >= 0.3 is 11.7 Å². The molecular weight excluding hydrogens is 525 g/mol. The molecule has 3 rings (SSSR count). The molecule has 0 aliphatic heterocycles. The van der Waals surface area contributed by atoms with E-state index in [1.165, 1.54) is 8.52 Å². The van der Waals surface area contributed by atoms with Gasteiger partial charge in [0.1, 0.15) is 6.04 Å². The first kappa shape index (κ1) is 27.8. The van der Waals surface area contributed by atoms with Gasteiger partial charge in [-0.1, -0.05) is 35.3 Å². The summed E-state index contributed by atoms with van der Waals surface area (Å²) in [6.45, 7) is 0.291. The number of hydrogen-bond acceptors (Lipinski definition) is 7. The Labute approximate surface area is 222 Å². The van der Waals surface area contributed by atoms with E-state index in [4.69, 9.17) is 33.7 Å². The van der Waals surface area contributed by atoms with Crippen molar-refractivity contribution in [1.29, 1.82) is 0 Å². The first-order valence-electron chi connectivity index (χ1n) is 11.1. The highest BCUT2D eigenvalue weighted by atomic mass is 35.5. The van der Waals surface area contributed by atoms with Crippen LogP contribution in [-0.4, -0.2) is 52.0 Å². The van der Waals surface area contributed by atoms with E-state index < -0.39 is 23.6 Å². The molecule has 0 bridgehead atoms. The highest BCUT2D eigenvalue weighted by molar-refractivity contribution is 7.03. The lowest BCUT2D eigenvalue weighted by molar-refractivity contribution is -0.153. The van der Waals surface area contributed by atoms with Crippen molar-refractivity contribution < 1.29 is 14.3 Å². The monoisotopic (exact) mass is 551 g/mol. The number of benzene rings is 2. The van der Waals surface area contributed by atoms with E-state index in [2.05, 4.69) is 4.99 Å². The third-order valence-corrected chi connectivity index (χ3v) is 6.79. The molecule has 0 spiro atoms. The van der Waals surface area contributed by atoms with Crippen LogP contribution in [0.3, 0.4) is 0 Å². The zero-order valence-electron chi connectivity index (χ0n) is 19.9. The molecule has 0 aliphatic rings. The summed E-state index contributed by atoms with van der Waals surface area (Å²) in [6, 6.07) is 12.8.